The van der Waals surface area contributed by atoms with Crippen molar-refractivity contribution in [1.29, 1.82) is 0 Å². The number of aryl methyl sites for hydroxylation is 2. The molecule has 134 valence electrons. The molecule has 2 aromatic rings. The monoisotopic (exact) mass is 341 g/mol. The molecule has 0 N–H and O–H groups in total. The standard InChI is InChI=1S/C20H27N3O2/c1-2-18-19(21-16-25-18)20(24)23-13-7-12-22(14-15-23)11-6-10-17-8-4-3-5-9-17/h3-5,8-9,16H,2,6-7,10-15H2,1H3. The Morgan fingerprint density at radius 3 is 2.80 bits per heavy atom. The predicted octanol–water partition coefficient (Wildman–Crippen LogP) is 3.02. The molecule has 25 heavy (non-hydrogen) atoms. The Balaban J connectivity index is 1.48. The van der Waals surface area contributed by atoms with Crippen molar-refractivity contribution in [3.63, 3.8) is 0 Å². The maximum absolute atomic E-state index is 12.7. The molecule has 0 saturated carbocycles. The van der Waals surface area contributed by atoms with Gasteiger partial charge >= 0.3 is 0 Å². The number of hydrogen-bond donors (Lipinski definition) is 0. The number of aromatic nitrogens is 1. The molecule has 3 rings (SSSR count). The van der Waals surface area contributed by atoms with Crippen LogP contribution < -0.4 is 0 Å². The number of carbonyl (C=O) groups excluding carboxylic acids is 1. The third-order valence-corrected chi connectivity index (χ3v) is 4.82. The van der Waals surface area contributed by atoms with E-state index in [0.717, 1.165) is 52.0 Å². The zero-order chi connectivity index (χ0) is 17.5. The van der Waals surface area contributed by atoms with Crippen molar-refractivity contribution < 1.29 is 9.21 Å². The first-order chi connectivity index (χ1) is 12.3. The average molecular weight is 341 g/mol. The Hall–Kier alpha value is -2.14. The summed E-state index contributed by atoms with van der Waals surface area (Å²) in [5.41, 5.74) is 1.88. The van der Waals surface area contributed by atoms with Gasteiger partial charge in [-0.15, -0.1) is 0 Å². The largest absolute Gasteiger partial charge is 0.448 e. The fraction of sp³-hybridized carbons (Fsp3) is 0.500. The van der Waals surface area contributed by atoms with E-state index in [4.69, 9.17) is 4.42 Å². The summed E-state index contributed by atoms with van der Waals surface area (Å²) in [5, 5.41) is 0. The fourth-order valence-electron chi connectivity index (χ4n) is 3.39. The molecule has 0 spiro atoms. The third kappa shape index (κ3) is 4.69. The second-order valence-corrected chi connectivity index (χ2v) is 6.55. The normalized spacial score (nSPS) is 16.0. The van der Waals surface area contributed by atoms with Gasteiger partial charge in [0.05, 0.1) is 0 Å². The maximum Gasteiger partial charge on any atom is 0.276 e. The molecule has 1 saturated heterocycles. The number of nitrogens with zero attached hydrogens (tertiary/aromatic N) is 3. The summed E-state index contributed by atoms with van der Waals surface area (Å²) in [6.45, 7) is 6.61. The van der Waals surface area contributed by atoms with Gasteiger partial charge < -0.3 is 14.2 Å². The van der Waals surface area contributed by atoms with E-state index in [1.54, 1.807) is 0 Å². The van der Waals surface area contributed by atoms with E-state index in [1.165, 1.54) is 12.0 Å². The van der Waals surface area contributed by atoms with E-state index in [2.05, 4.69) is 40.2 Å². The lowest BCUT2D eigenvalue weighted by Crippen LogP contribution is -2.36. The van der Waals surface area contributed by atoms with Crippen LogP contribution in [0, 0.1) is 0 Å². The summed E-state index contributed by atoms with van der Waals surface area (Å²) in [5.74, 6) is 0.700. The number of hydrogen-bond acceptors (Lipinski definition) is 4. The molecule has 0 atom stereocenters. The molecule has 1 amide bonds. The van der Waals surface area contributed by atoms with Crippen molar-refractivity contribution in [2.24, 2.45) is 0 Å². The van der Waals surface area contributed by atoms with Gasteiger partial charge in [0.25, 0.3) is 5.91 Å². The first-order valence-electron chi connectivity index (χ1n) is 9.26. The predicted molar refractivity (Wildman–Crippen MR) is 97.6 cm³/mol. The van der Waals surface area contributed by atoms with E-state index in [9.17, 15) is 4.79 Å². The lowest BCUT2D eigenvalue weighted by Gasteiger charge is -2.21. The van der Waals surface area contributed by atoms with Gasteiger partial charge in [-0.3, -0.25) is 4.79 Å². The molecular weight excluding hydrogens is 314 g/mol. The van der Waals surface area contributed by atoms with Crippen molar-refractivity contribution in [2.75, 3.05) is 32.7 Å². The summed E-state index contributed by atoms with van der Waals surface area (Å²) in [4.78, 5) is 21.2. The smallest absolute Gasteiger partial charge is 0.276 e. The molecular formula is C20H27N3O2. The lowest BCUT2D eigenvalue weighted by molar-refractivity contribution is 0.0754. The quantitative estimate of drug-likeness (QED) is 0.810. The van der Waals surface area contributed by atoms with E-state index in [-0.39, 0.29) is 5.91 Å². The average Bonchev–Trinajstić information content (AvgIpc) is 3.01. The SMILES string of the molecule is CCc1ocnc1C(=O)N1CCCN(CCCc2ccccc2)CC1. The van der Waals surface area contributed by atoms with Gasteiger partial charge in [-0.1, -0.05) is 37.3 Å². The number of benzene rings is 1. The summed E-state index contributed by atoms with van der Waals surface area (Å²) in [7, 11) is 0. The van der Waals surface area contributed by atoms with Crippen LogP contribution in [-0.2, 0) is 12.8 Å². The summed E-state index contributed by atoms with van der Waals surface area (Å²) < 4.78 is 5.30. The summed E-state index contributed by atoms with van der Waals surface area (Å²) in [6.07, 6.45) is 5.34. The van der Waals surface area contributed by atoms with Crippen molar-refractivity contribution in [2.45, 2.75) is 32.6 Å². The van der Waals surface area contributed by atoms with Crippen LogP contribution in [-0.4, -0.2) is 53.4 Å². The van der Waals surface area contributed by atoms with Crippen molar-refractivity contribution >= 4 is 5.91 Å². The highest BCUT2D eigenvalue weighted by molar-refractivity contribution is 5.93. The molecule has 0 bridgehead atoms. The second kappa shape index (κ2) is 8.81. The zero-order valence-electron chi connectivity index (χ0n) is 15.0. The van der Waals surface area contributed by atoms with Gasteiger partial charge in [0.15, 0.2) is 12.1 Å². The van der Waals surface area contributed by atoms with Gasteiger partial charge in [-0.05, 0) is 37.9 Å². The Morgan fingerprint density at radius 1 is 1.16 bits per heavy atom. The number of oxazole rings is 1. The van der Waals surface area contributed by atoms with E-state index < -0.39 is 0 Å². The van der Waals surface area contributed by atoms with Crippen molar-refractivity contribution in [1.82, 2.24) is 14.8 Å². The highest BCUT2D eigenvalue weighted by atomic mass is 16.3. The molecule has 0 aliphatic carbocycles. The van der Waals surface area contributed by atoms with Crippen LogP contribution in [0.3, 0.4) is 0 Å². The van der Waals surface area contributed by atoms with Crippen molar-refractivity contribution in [3.8, 4) is 0 Å². The number of amides is 1. The van der Waals surface area contributed by atoms with E-state index in [0.29, 0.717) is 17.9 Å². The van der Waals surface area contributed by atoms with Crippen LogP contribution in [0.1, 0.15) is 41.6 Å². The minimum absolute atomic E-state index is 0.0109. The number of carbonyl (C=O) groups is 1. The van der Waals surface area contributed by atoms with Crippen LogP contribution in [0.15, 0.2) is 41.1 Å². The summed E-state index contributed by atoms with van der Waals surface area (Å²) >= 11 is 0. The first-order valence-corrected chi connectivity index (χ1v) is 9.26. The molecule has 0 radical (unpaired) electrons. The van der Waals surface area contributed by atoms with Gasteiger partial charge in [0, 0.05) is 26.1 Å². The molecule has 1 fully saturated rings. The van der Waals surface area contributed by atoms with E-state index in [1.807, 2.05) is 11.8 Å². The topological polar surface area (TPSA) is 49.6 Å². The second-order valence-electron chi connectivity index (χ2n) is 6.55. The van der Waals surface area contributed by atoms with Crippen LogP contribution in [0.5, 0.6) is 0 Å². The van der Waals surface area contributed by atoms with Crippen LogP contribution >= 0.6 is 0 Å². The van der Waals surface area contributed by atoms with Gasteiger partial charge in [0.2, 0.25) is 0 Å². The maximum atomic E-state index is 12.7. The minimum atomic E-state index is 0.0109. The minimum Gasteiger partial charge on any atom is -0.448 e. The van der Waals surface area contributed by atoms with Gasteiger partial charge in [-0.2, -0.15) is 0 Å². The van der Waals surface area contributed by atoms with Crippen LogP contribution in [0.25, 0.3) is 0 Å². The highest BCUT2D eigenvalue weighted by Gasteiger charge is 2.24. The van der Waals surface area contributed by atoms with Gasteiger partial charge in [0.1, 0.15) is 5.76 Å². The Kier molecular flexibility index (Phi) is 6.23. The lowest BCUT2D eigenvalue weighted by atomic mass is 10.1. The third-order valence-electron chi connectivity index (χ3n) is 4.82. The van der Waals surface area contributed by atoms with Crippen molar-refractivity contribution in [3.05, 3.63) is 53.7 Å². The highest BCUT2D eigenvalue weighted by Crippen LogP contribution is 2.13. The summed E-state index contributed by atoms with van der Waals surface area (Å²) in [6, 6.07) is 10.6. The Bertz CT molecular complexity index is 669. The fourth-order valence-corrected chi connectivity index (χ4v) is 3.39. The van der Waals surface area contributed by atoms with Crippen LogP contribution in [0.2, 0.25) is 0 Å². The first kappa shape index (κ1) is 17.7. The molecule has 5 heteroatoms. The molecule has 1 aromatic heterocycles. The van der Waals surface area contributed by atoms with Gasteiger partial charge in [-0.25, -0.2) is 4.98 Å². The molecule has 2 heterocycles. The van der Waals surface area contributed by atoms with E-state index >= 15 is 0 Å². The Labute approximate surface area is 149 Å². The molecule has 5 nitrogen and oxygen atoms in total. The number of rotatable bonds is 6. The molecule has 1 aliphatic heterocycles. The molecule has 1 aliphatic rings. The molecule has 0 unspecified atom stereocenters. The van der Waals surface area contributed by atoms with Crippen LogP contribution in [0.4, 0.5) is 0 Å². The molecule has 1 aromatic carbocycles. The Morgan fingerprint density at radius 2 is 2.00 bits per heavy atom. The zero-order valence-corrected chi connectivity index (χ0v) is 15.0.